The molecule has 5 heteroatoms. The van der Waals surface area contributed by atoms with E-state index in [9.17, 15) is 4.79 Å². The summed E-state index contributed by atoms with van der Waals surface area (Å²) in [5.74, 6) is 0.597. The minimum absolute atomic E-state index is 0.171. The van der Waals surface area contributed by atoms with Gasteiger partial charge in [0.2, 0.25) is 11.9 Å². The van der Waals surface area contributed by atoms with Crippen LogP contribution < -0.4 is 11.1 Å². The van der Waals surface area contributed by atoms with Gasteiger partial charge < -0.3 is 10.7 Å². The molecule has 5 nitrogen and oxygen atoms in total. The molecule has 1 aliphatic rings. The Morgan fingerprint density at radius 1 is 1.79 bits per heavy atom. The smallest absolute Gasteiger partial charge is 0.246 e. The minimum atomic E-state index is -0.771. The van der Waals surface area contributed by atoms with Gasteiger partial charge in [-0.2, -0.15) is 0 Å². The van der Waals surface area contributed by atoms with Gasteiger partial charge in [-0.05, 0) is 25.7 Å². The average molecular weight is 194 g/mol. The molecule has 14 heavy (non-hydrogen) atoms. The fourth-order valence-electron chi connectivity index (χ4n) is 1.44. The van der Waals surface area contributed by atoms with Crippen LogP contribution in [-0.4, -0.2) is 21.4 Å². The van der Waals surface area contributed by atoms with Crippen LogP contribution in [-0.2, 0) is 4.79 Å². The maximum absolute atomic E-state index is 11.7. The molecule has 1 aromatic heterocycles. The first-order valence-electron chi connectivity index (χ1n) is 4.70. The molecule has 4 N–H and O–H groups in total. The number of nitrogens with one attached hydrogen (secondary N) is 2. The van der Waals surface area contributed by atoms with Crippen molar-refractivity contribution in [3.63, 3.8) is 0 Å². The van der Waals surface area contributed by atoms with Crippen LogP contribution in [0.1, 0.15) is 19.8 Å². The molecule has 0 spiro atoms. The molecule has 2 rings (SSSR count). The summed E-state index contributed by atoms with van der Waals surface area (Å²) in [6, 6.07) is 0. The minimum Gasteiger partial charge on any atom is -0.331 e. The Bertz CT molecular complexity index is 327. The summed E-state index contributed by atoms with van der Waals surface area (Å²) in [6.45, 7) is 1.77. The summed E-state index contributed by atoms with van der Waals surface area (Å²) in [4.78, 5) is 18.4. The van der Waals surface area contributed by atoms with Crippen LogP contribution >= 0.6 is 0 Å². The Morgan fingerprint density at radius 2 is 2.50 bits per heavy atom. The molecule has 1 fully saturated rings. The van der Waals surface area contributed by atoms with Gasteiger partial charge >= 0.3 is 0 Å². The van der Waals surface area contributed by atoms with Gasteiger partial charge in [-0.3, -0.25) is 10.1 Å². The van der Waals surface area contributed by atoms with Crippen LogP contribution in [0.15, 0.2) is 12.4 Å². The number of rotatable bonds is 3. The lowest BCUT2D eigenvalue weighted by atomic mass is 9.96. The second kappa shape index (κ2) is 3.09. The lowest BCUT2D eigenvalue weighted by Gasteiger charge is -2.22. The Labute approximate surface area is 82.1 Å². The molecular weight excluding hydrogens is 180 g/mol. The molecule has 1 atom stereocenters. The first kappa shape index (κ1) is 9.21. The molecule has 0 aliphatic heterocycles. The monoisotopic (exact) mass is 194 g/mol. The second-order valence-electron chi connectivity index (χ2n) is 3.95. The van der Waals surface area contributed by atoms with E-state index in [4.69, 9.17) is 5.73 Å². The Balaban J connectivity index is 2.01. The van der Waals surface area contributed by atoms with Crippen LogP contribution in [0.3, 0.4) is 0 Å². The van der Waals surface area contributed by atoms with E-state index in [2.05, 4.69) is 15.3 Å². The predicted octanol–water partition coefficient (Wildman–Crippen LogP) is 0.476. The van der Waals surface area contributed by atoms with Crippen LogP contribution in [0.25, 0.3) is 0 Å². The number of carbonyl (C=O) groups is 1. The van der Waals surface area contributed by atoms with Gasteiger partial charge in [0.25, 0.3) is 0 Å². The number of nitrogens with zero attached hydrogens (tertiary/aromatic N) is 1. The zero-order valence-corrected chi connectivity index (χ0v) is 8.08. The molecule has 1 aliphatic carbocycles. The number of aromatic amines is 1. The third-order valence-corrected chi connectivity index (χ3v) is 2.64. The fraction of sp³-hybridized carbons (Fsp3) is 0.556. The highest BCUT2D eigenvalue weighted by Crippen LogP contribution is 2.38. The van der Waals surface area contributed by atoms with Gasteiger partial charge in [-0.25, -0.2) is 4.98 Å². The average Bonchev–Trinajstić information content (AvgIpc) is 2.88. The lowest BCUT2D eigenvalue weighted by Crippen LogP contribution is -2.50. The molecule has 0 saturated heterocycles. The number of anilines is 1. The van der Waals surface area contributed by atoms with E-state index in [0.29, 0.717) is 11.9 Å². The van der Waals surface area contributed by atoms with Crippen LogP contribution in [0.5, 0.6) is 0 Å². The van der Waals surface area contributed by atoms with Crippen LogP contribution in [0.2, 0.25) is 0 Å². The molecule has 76 valence electrons. The molecule has 1 unspecified atom stereocenters. The molecular formula is C9H14N4O. The standard InChI is InChI=1S/C9H14N4O/c1-9(10,6-2-3-6)7(14)13-8-11-4-5-12-8/h4-6H,2-3,10H2,1H3,(H2,11,12,13,14). The van der Waals surface area contributed by atoms with E-state index in [1.807, 2.05) is 0 Å². The lowest BCUT2D eigenvalue weighted by molar-refractivity contribution is -0.121. The highest BCUT2D eigenvalue weighted by molar-refractivity contribution is 5.96. The number of aromatic nitrogens is 2. The second-order valence-corrected chi connectivity index (χ2v) is 3.95. The van der Waals surface area contributed by atoms with Crippen LogP contribution in [0.4, 0.5) is 5.95 Å². The first-order valence-corrected chi connectivity index (χ1v) is 4.70. The first-order chi connectivity index (χ1) is 6.60. The number of hydrogen-bond acceptors (Lipinski definition) is 3. The summed E-state index contributed by atoms with van der Waals surface area (Å²) in [6.07, 6.45) is 5.32. The van der Waals surface area contributed by atoms with Crippen molar-refractivity contribution >= 4 is 11.9 Å². The Morgan fingerprint density at radius 3 is 3.00 bits per heavy atom. The predicted molar refractivity (Wildman–Crippen MR) is 52.5 cm³/mol. The van der Waals surface area contributed by atoms with E-state index in [1.54, 1.807) is 19.3 Å². The Kier molecular flexibility index (Phi) is 2.03. The number of imidazole rings is 1. The zero-order valence-electron chi connectivity index (χ0n) is 8.08. The van der Waals surface area contributed by atoms with Crippen molar-refractivity contribution in [1.82, 2.24) is 9.97 Å². The van der Waals surface area contributed by atoms with E-state index in [-0.39, 0.29) is 5.91 Å². The number of hydrogen-bond donors (Lipinski definition) is 3. The normalized spacial score (nSPS) is 20.1. The van der Waals surface area contributed by atoms with E-state index in [1.165, 1.54) is 0 Å². The largest absolute Gasteiger partial charge is 0.331 e. The maximum Gasteiger partial charge on any atom is 0.246 e. The quantitative estimate of drug-likeness (QED) is 0.654. The third kappa shape index (κ3) is 1.63. The third-order valence-electron chi connectivity index (χ3n) is 2.64. The van der Waals surface area contributed by atoms with E-state index < -0.39 is 5.54 Å². The number of nitrogens with two attached hydrogens (primary N) is 1. The zero-order chi connectivity index (χ0) is 10.2. The fourth-order valence-corrected chi connectivity index (χ4v) is 1.44. The summed E-state index contributed by atoms with van der Waals surface area (Å²) >= 11 is 0. The van der Waals surface area contributed by atoms with Crippen molar-refractivity contribution in [2.24, 2.45) is 11.7 Å². The van der Waals surface area contributed by atoms with Gasteiger partial charge in [-0.1, -0.05) is 0 Å². The van der Waals surface area contributed by atoms with Crippen molar-refractivity contribution < 1.29 is 4.79 Å². The number of carbonyl (C=O) groups excluding carboxylic acids is 1. The Hall–Kier alpha value is -1.36. The van der Waals surface area contributed by atoms with Crippen molar-refractivity contribution in [3.8, 4) is 0 Å². The molecule has 0 radical (unpaired) electrons. The summed E-state index contributed by atoms with van der Waals surface area (Å²) in [5, 5.41) is 2.65. The van der Waals surface area contributed by atoms with Gasteiger partial charge in [0.15, 0.2) is 0 Å². The summed E-state index contributed by atoms with van der Waals surface area (Å²) < 4.78 is 0. The van der Waals surface area contributed by atoms with Gasteiger partial charge in [0.05, 0.1) is 5.54 Å². The highest BCUT2D eigenvalue weighted by Gasteiger charge is 2.44. The van der Waals surface area contributed by atoms with Crippen molar-refractivity contribution in [3.05, 3.63) is 12.4 Å². The van der Waals surface area contributed by atoms with E-state index in [0.717, 1.165) is 12.8 Å². The van der Waals surface area contributed by atoms with Crippen molar-refractivity contribution in [2.45, 2.75) is 25.3 Å². The molecule has 0 aromatic carbocycles. The number of H-pyrrole nitrogens is 1. The molecule has 1 saturated carbocycles. The molecule has 1 aromatic rings. The SMILES string of the molecule is CC(N)(C(=O)Nc1ncc[nH]1)C1CC1. The van der Waals surface area contributed by atoms with Crippen molar-refractivity contribution in [1.29, 1.82) is 0 Å². The highest BCUT2D eigenvalue weighted by atomic mass is 16.2. The number of amides is 1. The topological polar surface area (TPSA) is 83.8 Å². The molecule has 0 bridgehead atoms. The molecule has 1 amide bonds. The maximum atomic E-state index is 11.7. The summed E-state index contributed by atoms with van der Waals surface area (Å²) in [7, 11) is 0. The van der Waals surface area contributed by atoms with E-state index >= 15 is 0 Å². The summed E-state index contributed by atoms with van der Waals surface area (Å²) in [5.41, 5.74) is 5.16. The van der Waals surface area contributed by atoms with Gasteiger partial charge in [-0.15, -0.1) is 0 Å². The van der Waals surface area contributed by atoms with Gasteiger partial charge in [0.1, 0.15) is 0 Å². The van der Waals surface area contributed by atoms with Crippen LogP contribution in [0, 0.1) is 5.92 Å². The van der Waals surface area contributed by atoms with Crippen molar-refractivity contribution in [2.75, 3.05) is 5.32 Å². The molecule has 1 heterocycles. The van der Waals surface area contributed by atoms with Gasteiger partial charge in [0, 0.05) is 12.4 Å².